The minimum absolute atomic E-state index is 0.0447. The molecule has 10 heteroatoms. The van der Waals surface area contributed by atoms with Gasteiger partial charge in [0.25, 0.3) is 11.8 Å². The van der Waals surface area contributed by atoms with Gasteiger partial charge in [0.05, 0.1) is 38.0 Å². The summed E-state index contributed by atoms with van der Waals surface area (Å²) in [5.41, 5.74) is 1.97. The minimum Gasteiger partial charge on any atom is -0.493 e. The summed E-state index contributed by atoms with van der Waals surface area (Å²) >= 11 is 4.84. The van der Waals surface area contributed by atoms with E-state index in [4.69, 9.17) is 19.2 Å². The van der Waals surface area contributed by atoms with Crippen LogP contribution in [-0.2, 0) is 9.53 Å². The molecule has 0 aromatic heterocycles. The summed E-state index contributed by atoms with van der Waals surface area (Å²) in [6.45, 7) is 4.62. The van der Waals surface area contributed by atoms with Crippen LogP contribution in [0.2, 0.25) is 0 Å². The zero-order chi connectivity index (χ0) is 24.9. The number of ether oxygens (including phenoxy) is 3. The fourth-order valence-corrected chi connectivity index (χ4v) is 5.25. The molecule has 2 aromatic rings. The maximum atomic E-state index is 13.1. The smallest absolute Gasteiger partial charge is 0.266 e. The summed E-state index contributed by atoms with van der Waals surface area (Å²) in [7, 11) is 3.14. The molecule has 2 saturated heterocycles. The molecule has 0 saturated carbocycles. The van der Waals surface area contributed by atoms with Crippen molar-refractivity contribution in [1.29, 1.82) is 0 Å². The quantitative estimate of drug-likeness (QED) is 0.482. The van der Waals surface area contributed by atoms with Crippen LogP contribution in [0.25, 0.3) is 6.08 Å². The van der Waals surface area contributed by atoms with Gasteiger partial charge in [-0.15, -0.1) is 0 Å². The third-order valence-corrected chi connectivity index (χ3v) is 7.30. The molecule has 0 bridgehead atoms. The molecule has 2 fully saturated rings. The van der Waals surface area contributed by atoms with Crippen molar-refractivity contribution >= 4 is 56.4 Å². The molecule has 0 spiro atoms. The monoisotopic (exact) mass is 559 g/mol. The topological polar surface area (TPSA) is 80.7 Å². The molecule has 35 heavy (non-hydrogen) atoms. The van der Waals surface area contributed by atoms with Crippen molar-refractivity contribution in [3.05, 3.63) is 56.9 Å². The average Bonchev–Trinajstić information content (AvgIpc) is 3.18. The zero-order valence-corrected chi connectivity index (χ0v) is 22.1. The summed E-state index contributed by atoms with van der Waals surface area (Å²) in [4.78, 5) is 34.7. The number of aliphatic imine (C=N–C) groups is 1. The number of methoxy groups -OCH3 is 2. The number of carbonyl (C=O) groups is 2. The van der Waals surface area contributed by atoms with Crippen LogP contribution < -0.4 is 9.47 Å². The molecule has 2 aliphatic rings. The Balaban J connectivity index is 1.62. The number of carbonyl (C=O) groups excluding carboxylic acids is 2. The molecule has 0 N–H and O–H groups in total. The lowest BCUT2D eigenvalue weighted by Gasteiger charge is -2.26. The standard InChI is InChI=1S/C25H26BrN3O5S/c1-4-29-24(31)22(14-17-13-20(32-2)21(33-3)15-19(17)26)35-25(29)27-18-7-5-6-16(12-18)23(30)28-8-10-34-11-9-28/h5-7,12-15H,4,8-11H2,1-3H3/b22-14+,27-25?. The van der Waals surface area contributed by atoms with Crippen molar-refractivity contribution in [2.45, 2.75) is 6.92 Å². The van der Waals surface area contributed by atoms with Gasteiger partial charge in [-0.05, 0) is 60.7 Å². The lowest BCUT2D eigenvalue weighted by Crippen LogP contribution is -2.40. The van der Waals surface area contributed by atoms with Gasteiger partial charge in [0.1, 0.15) is 0 Å². The highest BCUT2D eigenvalue weighted by molar-refractivity contribution is 9.10. The minimum atomic E-state index is -0.126. The second-order valence-electron chi connectivity index (χ2n) is 7.74. The Bertz CT molecular complexity index is 1190. The molecule has 0 radical (unpaired) electrons. The van der Waals surface area contributed by atoms with E-state index in [0.717, 1.165) is 10.0 Å². The lowest BCUT2D eigenvalue weighted by molar-refractivity contribution is -0.122. The van der Waals surface area contributed by atoms with Crippen molar-refractivity contribution in [2.75, 3.05) is 47.1 Å². The fraction of sp³-hybridized carbons (Fsp3) is 0.320. The van der Waals surface area contributed by atoms with E-state index in [0.29, 0.717) is 65.7 Å². The van der Waals surface area contributed by atoms with Crippen LogP contribution in [0.5, 0.6) is 11.5 Å². The van der Waals surface area contributed by atoms with Crippen LogP contribution in [0.4, 0.5) is 5.69 Å². The second-order valence-corrected chi connectivity index (χ2v) is 9.60. The molecule has 0 aliphatic carbocycles. The summed E-state index contributed by atoms with van der Waals surface area (Å²) in [5.74, 6) is 0.993. The number of amidine groups is 1. The van der Waals surface area contributed by atoms with Crippen LogP contribution in [0.3, 0.4) is 0 Å². The number of nitrogens with zero attached hydrogens (tertiary/aromatic N) is 3. The normalized spacial score (nSPS) is 18.5. The van der Waals surface area contributed by atoms with Gasteiger partial charge in [0.15, 0.2) is 16.7 Å². The fourth-order valence-electron chi connectivity index (χ4n) is 3.76. The average molecular weight is 560 g/mol. The zero-order valence-electron chi connectivity index (χ0n) is 19.7. The molecule has 0 unspecified atom stereocenters. The van der Waals surface area contributed by atoms with Crippen LogP contribution in [0.15, 0.2) is 50.8 Å². The first kappa shape index (κ1) is 25.3. The number of rotatable bonds is 6. The number of amides is 2. The maximum absolute atomic E-state index is 13.1. The van der Waals surface area contributed by atoms with E-state index >= 15 is 0 Å². The first-order valence-corrected chi connectivity index (χ1v) is 12.7. The van der Waals surface area contributed by atoms with Crippen molar-refractivity contribution in [3.63, 3.8) is 0 Å². The molecule has 2 heterocycles. The summed E-state index contributed by atoms with van der Waals surface area (Å²) in [6, 6.07) is 10.8. The molecular weight excluding hydrogens is 534 g/mol. The van der Waals surface area contributed by atoms with E-state index in [9.17, 15) is 9.59 Å². The third-order valence-electron chi connectivity index (χ3n) is 5.61. The summed E-state index contributed by atoms with van der Waals surface area (Å²) < 4.78 is 16.9. The molecule has 184 valence electrons. The second kappa shape index (κ2) is 11.3. The first-order chi connectivity index (χ1) is 16.9. The highest BCUT2D eigenvalue weighted by Gasteiger charge is 2.32. The van der Waals surface area contributed by atoms with E-state index < -0.39 is 0 Å². The Morgan fingerprint density at radius 1 is 1.17 bits per heavy atom. The highest BCUT2D eigenvalue weighted by Crippen LogP contribution is 2.38. The Hall–Kier alpha value is -2.82. The van der Waals surface area contributed by atoms with Gasteiger partial charge in [-0.2, -0.15) is 0 Å². The predicted octanol–water partition coefficient (Wildman–Crippen LogP) is 4.56. The summed E-state index contributed by atoms with van der Waals surface area (Å²) in [5, 5.41) is 0.566. The number of likely N-dealkylation sites (N-methyl/N-ethyl adjacent to an activating group) is 1. The summed E-state index contributed by atoms with van der Waals surface area (Å²) in [6.07, 6.45) is 1.81. The predicted molar refractivity (Wildman–Crippen MR) is 140 cm³/mol. The van der Waals surface area contributed by atoms with Crippen LogP contribution in [-0.4, -0.2) is 73.8 Å². The van der Waals surface area contributed by atoms with Crippen LogP contribution >= 0.6 is 27.7 Å². The number of hydrogen-bond acceptors (Lipinski definition) is 7. The van der Waals surface area contributed by atoms with E-state index in [2.05, 4.69) is 15.9 Å². The van der Waals surface area contributed by atoms with Gasteiger partial charge >= 0.3 is 0 Å². The van der Waals surface area contributed by atoms with Crippen LogP contribution in [0.1, 0.15) is 22.8 Å². The van der Waals surface area contributed by atoms with Crippen LogP contribution in [0, 0.1) is 0 Å². The number of morpholine rings is 1. The lowest BCUT2D eigenvalue weighted by atomic mass is 10.1. The van der Waals surface area contributed by atoms with Gasteiger partial charge in [0.2, 0.25) is 0 Å². The van der Waals surface area contributed by atoms with Gasteiger partial charge in [-0.25, -0.2) is 4.99 Å². The van der Waals surface area contributed by atoms with E-state index in [1.165, 1.54) is 11.8 Å². The largest absolute Gasteiger partial charge is 0.493 e. The Morgan fingerprint density at radius 3 is 2.57 bits per heavy atom. The Morgan fingerprint density at radius 2 is 1.89 bits per heavy atom. The SMILES string of the molecule is CCN1C(=O)/C(=C\c2cc(OC)c(OC)cc2Br)SC1=Nc1cccc(C(=O)N2CCOCC2)c1. The number of thioether (sulfide) groups is 1. The molecule has 8 nitrogen and oxygen atoms in total. The van der Waals surface area contributed by atoms with E-state index in [1.54, 1.807) is 42.2 Å². The Kier molecular flexibility index (Phi) is 8.15. The van der Waals surface area contributed by atoms with E-state index in [-0.39, 0.29) is 11.8 Å². The maximum Gasteiger partial charge on any atom is 0.266 e. The number of halogens is 1. The highest BCUT2D eigenvalue weighted by atomic mass is 79.9. The van der Waals surface area contributed by atoms with Gasteiger partial charge < -0.3 is 19.1 Å². The Labute approximate surface area is 217 Å². The van der Waals surface area contributed by atoms with Gasteiger partial charge in [0, 0.05) is 29.7 Å². The molecule has 0 atom stereocenters. The van der Waals surface area contributed by atoms with E-state index in [1.807, 2.05) is 31.2 Å². The van der Waals surface area contributed by atoms with Gasteiger partial charge in [-0.3, -0.25) is 14.5 Å². The van der Waals surface area contributed by atoms with Crippen molar-refractivity contribution < 1.29 is 23.8 Å². The number of hydrogen-bond donors (Lipinski definition) is 0. The van der Waals surface area contributed by atoms with Gasteiger partial charge in [-0.1, -0.05) is 22.0 Å². The molecule has 2 aromatic carbocycles. The molecule has 2 aliphatic heterocycles. The molecular formula is C25H26BrN3O5S. The first-order valence-electron chi connectivity index (χ1n) is 11.1. The van der Waals surface area contributed by atoms with Crippen molar-refractivity contribution in [3.8, 4) is 11.5 Å². The third kappa shape index (κ3) is 5.55. The van der Waals surface area contributed by atoms with Crippen molar-refractivity contribution in [2.24, 2.45) is 4.99 Å². The number of benzene rings is 2. The molecule has 2 amide bonds. The van der Waals surface area contributed by atoms with Crippen molar-refractivity contribution in [1.82, 2.24) is 9.80 Å². The molecule has 4 rings (SSSR count).